The zero-order valence-corrected chi connectivity index (χ0v) is 8.84. The van der Waals surface area contributed by atoms with Crippen molar-refractivity contribution >= 4 is 5.91 Å². The maximum atomic E-state index is 13.4. The normalized spacial score (nSPS) is 9.80. The molecule has 0 aliphatic heterocycles. The minimum absolute atomic E-state index is 0.0924. The van der Waals surface area contributed by atoms with Crippen molar-refractivity contribution < 1.29 is 13.9 Å². The number of halogens is 1. The number of nitrogens with one attached hydrogen (secondary N) is 1. The fraction of sp³-hybridized carbons (Fsp3) is 0.364. The third-order valence-electron chi connectivity index (χ3n) is 2.16. The fourth-order valence-electron chi connectivity index (χ4n) is 1.23. The monoisotopic (exact) mass is 211 g/mol. The van der Waals surface area contributed by atoms with E-state index in [-0.39, 0.29) is 11.7 Å². The number of carbonyl (C=O) groups excluding carboxylic acids is 1. The zero-order valence-electron chi connectivity index (χ0n) is 8.84. The number of hydrogen-bond donors (Lipinski definition) is 1. The van der Waals surface area contributed by atoms with Crippen LogP contribution in [0.4, 0.5) is 4.39 Å². The van der Waals surface area contributed by atoms with Crippen molar-refractivity contribution in [2.45, 2.75) is 12.8 Å². The first-order valence-electron chi connectivity index (χ1n) is 4.70. The van der Waals surface area contributed by atoms with Gasteiger partial charge in [0.25, 0.3) is 0 Å². The molecule has 0 heterocycles. The van der Waals surface area contributed by atoms with Gasteiger partial charge in [0.15, 0.2) is 0 Å². The van der Waals surface area contributed by atoms with Crippen LogP contribution in [0.25, 0.3) is 0 Å². The number of carbonyl (C=O) groups is 1. The molecule has 4 heteroatoms. The van der Waals surface area contributed by atoms with Gasteiger partial charge in [0.1, 0.15) is 11.6 Å². The van der Waals surface area contributed by atoms with Crippen LogP contribution in [0.5, 0.6) is 5.75 Å². The molecule has 1 rings (SSSR count). The molecule has 1 aromatic rings. The van der Waals surface area contributed by atoms with Gasteiger partial charge in [-0.3, -0.25) is 4.79 Å². The molecule has 15 heavy (non-hydrogen) atoms. The standard InChI is InChI=1S/C11H14FNO2/c1-13-11(14)6-4-8-3-5-9(15-2)7-10(8)12/h3,5,7H,4,6H2,1-2H3,(H,13,14). The Bertz CT molecular complexity index is 352. The van der Waals surface area contributed by atoms with Gasteiger partial charge in [0.2, 0.25) is 5.91 Å². The topological polar surface area (TPSA) is 38.3 Å². The molecular weight excluding hydrogens is 197 g/mol. The lowest BCUT2D eigenvalue weighted by Gasteiger charge is -2.05. The number of ether oxygens (including phenoxy) is 1. The number of hydrogen-bond acceptors (Lipinski definition) is 2. The maximum absolute atomic E-state index is 13.4. The van der Waals surface area contributed by atoms with Crippen LogP contribution in [0.3, 0.4) is 0 Å². The SMILES string of the molecule is CNC(=O)CCc1ccc(OC)cc1F. The van der Waals surface area contributed by atoms with Crippen LogP contribution in [0.2, 0.25) is 0 Å². The van der Waals surface area contributed by atoms with E-state index in [0.717, 1.165) is 0 Å². The van der Waals surface area contributed by atoms with Gasteiger partial charge in [-0.2, -0.15) is 0 Å². The zero-order chi connectivity index (χ0) is 11.3. The molecule has 0 saturated heterocycles. The third kappa shape index (κ3) is 3.23. The van der Waals surface area contributed by atoms with Crippen molar-refractivity contribution in [1.82, 2.24) is 5.32 Å². The Balaban J connectivity index is 2.66. The molecule has 0 aliphatic carbocycles. The average Bonchev–Trinajstić information content (AvgIpc) is 2.26. The Hall–Kier alpha value is -1.58. The highest BCUT2D eigenvalue weighted by Gasteiger charge is 2.06. The Morgan fingerprint density at radius 2 is 2.27 bits per heavy atom. The summed E-state index contributed by atoms with van der Waals surface area (Å²) >= 11 is 0. The summed E-state index contributed by atoms with van der Waals surface area (Å²) in [7, 11) is 3.05. The van der Waals surface area contributed by atoms with E-state index in [9.17, 15) is 9.18 Å². The van der Waals surface area contributed by atoms with Gasteiger partial charge in [-0.05, 0) is 18.1 Å². The van der Waals surface area contributed by atoms with Gasteiger partial charge < -0.3 is 10.1 Å². The first-order valence-corrected chi connectivity index (χ1v) is 4.70. The van der Waals surface area contributed by atoms with E-state index in [1.807, 2.05) is 0 Å². The van der Waals surface area contributed by atoms with Crippen molar-refractivity contribution in [3.63, 3.8) is 0 Å². The molecule has 1 amide bonds. The molecule has 0 atom stereocenters. The number of benzene rings is 1. The van der Waals surface area contributed by atoms with Gasteiger partial charge in [-0.1, -0.05) is 6.07 Å². The van der Waals surface area contributed by atoms with Crippen LogP contribution in [0.15, 0.2) is 18.2 Å². The summed E-state index contributed by atoms with van der Waals surface area (Å²) < 4.78 is 18.3. The molecular formula is C11H14FNO2. The Morgan fingerprint density at radius 1 is 1.53 bits per heavy atom. The van der Waals surface area contributed by atoms with E-state index in [1.54, 1.807) is 19.2 Å². The Kier molecular flexibility index (Phi) is 4.09. The van der Waals surface area contributed by atoms with Crippen LogP contribution in [-0.2, 0) is 11.2 Å². The van der Waals surface area contributed by atoms with Crippen LogP contribution in [-0.4, -0.2) is 20.1 Å². The summed E-state index contributed by atoms with van der Waals surface area (Å²) in [5.41, 5.74) is 0.527. The van der Waals surface area contributed by atoms with E-state index in [4.69, 9.17) is 4.74 Å². The van der Waals surface area contributed by atoms with E-state index >= 15 is 0 Å². The lowest BCUT2D eigenvalue weighted by atomic mass is 10.1. The van der Waals surface area contributed by atoms with E-state index < -0.39 is 0 Å². The molecule has 0 aliphatic rings. The van der Waals surface area contributed by atoms with Gasteiger partial charge in [-0.15, -0.1) is 0 Å². The van der Waals surface area contributed by atoms with E-state index in [0.29, 0.717) is 24.2 Å². The van der Waals surface area contributed by atoms with Crippen molar-refractivity contribution in [1.29, 1.82) is 0 Å². The van der Waals surface area contributed by atoms with E-state index in [2.05, 4.69) is 5.32 Å². The van der Waals surface area contributed by atoms with Crippen molar-refractivity contribution in [3.8, 4) is 5.75 Å². The second-order valence-electron chi connectivity index (χ2n) is 3.13. The summed E-state index contributed by atoms with van der Waals surface area (Å²) in [6.45, 7) is 0. The molecule has 1 aromatic carbocycles. The number of aryl methyl sites for hydroxylation is 1. The molecule has 1 N–H and O–H groups in total. The minimum Gasteiger partial charge on any atom is -0.497 e. The molecule has 3 nitrogen and oxygen atoms in total. The quantitative estimate of drug-likeness (QED) is 0.819. The highest BCUT2D eigenvalue weighted by atomic mass is 19.1. The van der Waals surface area contributed by atoms with Crippen molar-refractivity contribution in [2.75, 3.05) is 14.2 Å². The number of methoxy groups -OCH3 is 1. The molecule has 0 bridgehead atoms. The van der Waals surface area contributed by atoms with Crippen LogP contribution >= 0.6 is 0 Å². The van der Waals surface area contributed by atoms with Crippen LogP contribution in [0.1, 0.15) is 12.0 Å². The first-order chi connectivity index (χ1) is 7.17. The van der Waals surface area contributed by atoms with Gasteiger partial charge >= 0.3 is 0 Å². The highest BCUT2D eigenvalue weighted by Crippen LogP contribution is 2.17. The molecule has 0 unspecified atom stereocenters. The predicted octanol–water partition coefficient (Wildman–Crippen LogP) is 1.51. The fourth-order valence-corrected chi connectivity index (χ4v) is 1.23. The number of amides is 1. The second kappa shape index (κ2) is 5.34. The predicted molar refractivity (Wildman–Crippen MR) is 55.3 cm³/mol. The summed E-state index contributed by atoms with van der Waals surface area (Å²) in [6, 6.07) is 4.64. The summed E-state index contributed by atoms with van der Waals surface area (Å²) in [4.78, 5) is 11.0. The summed E-state index contributed by atoms with van der Waals surface area (Å²) in [5.74, 6) is 0.0552. The van der Waals surface area contributed by atoms with Gasteiger partial charge in [-0.25, -0.2) is 4.39 Å². The smallest absolute Gasteiger partial charge is 0.220 e. The minimum atomic E-state index is -0.335. The van der Waals surface area contributed by atoms with Gasteiger partial charge in [0, 0.05) is 19.5 Å². The van der Waals surface area contributed by atoms with Crippen molar-refractivity contribution in [2.24, 2.45) is 0 Å². The largest absolute Gasteiger partial charge is 0.497 e. The second-order valence-corrected chi connectivity index (χ2v) is 3.13. The molecule has 0 spiro atoms. The van der Waals surface area contributed by atoms with Crippen molar-refractivity contribution in [3.05, 3.63) is 29.6 Å². The van der Waals surface area contributed by atoms with Crippen LogP contribution < -0.4 is 10.1 Å². The maximum Gasteiger partial charge on any atom is 0.220 e. The third-order valence-corrected chi connectivity index (χ3v) is 2.16. The number of rotatable bonds is 4. The molecule has 0 radical (unpaired) electrons. The molecule has 82 valence electrons. The molecule has 0 aromatic heterocycles. The highest BCUT2D eigenvalue weighted by molar-refractivity contribution is 5.75. The molecule has 0 fully saturated rings. The summed E-state index contributed by atoms with van der Waals surface area (Å²) in [6.07, 6.45) is 0.690. The first kappa shape index (κ1) is 11.5. The Labute approximate surface area is 88.2 Å². The lowest BCUT2D eigenvalue weighted by molar-refractivity contribution is -0.120. The van der Waals surface area contributed by atoms with Gasteiger partial charge in [0.05, 0.1) is 7.11 Å². The average molecular weight is 211 g/mol. The molecule has 0 saturated carbocycles. The Morgan fingerprint density at radius 3 is 2.80 bits per heavy atom. The summed E-state index contributed by atoms with van der Waals surface area (Å²) in [5, 5.41) is 2.49. The lowest BCUT2D eigenvalue weighted by Crippen LogP contribution is -2.18. The van der Waals surface area contributed by atoms with E-state index in [1.165, 1.54) is 13.2 Å². The van der Waals surface area contributed by atoms with Crippen LogP contribution in [0, 0.1) is 5.82 Å².